The zero-order chi connectivity index (χ0) is 19.9. The van der Waals surface area contributed by atoms with E-state index in [4.69, 9.17) is 9.26 Å². The predicted octanol–water partition coefficient (Wildman–Crippen LogP) is 4.70. The molecule has 0 spiro atoms. The Morgan fingerprint density at radius 2 is 1.45 bits per heavy atom. The molecule has 0 aliphatic heterocycles. The summed E-state index contributed by atoms with van der Waals surface area (Å²) in [6.07, 6.45) is 0. The summed E-state index contributed by atoms with van der Waals surface area (Å²) in [5, 5.41) is 6.81. The summed E-state index contributed by atoms with van der Waals surface area (Å²) in [6, 6.07) is 29.3. The molecule has 4 aromatic rings. The largest absolute Gasteiger partial charge is 0.484 e. The maximum Gasteiger partial charge on any atom is 0.258 e. The molecule has 0 fully saturated rings. The third kappa shape index (κ3) is 4.90. The van der Waals surface area contributed by atoms with Gasteiger partial charge in [0, 0.05) is 11.6 Å². The van der Waals surface area contributed by atoms with Crippen molar-refractivity contribution < 1.29 is 14.1 Å². The van der Waals surface area contributed by atoms with Crippen molar-refractivity contribution in [3.8, 4) is 28.2 Å². The van der Waals surface area contributed by atoms with Crippen molar-refractivity contribution in [2.24, 2.45) is 0 Å². The van der Waals surface area contributed by atoms with Crippen LogP contribution in [0.15, 0.2) is 95.5 Å². The zero-order valence-electron chi connectivity index (χ0n) is 15.7. The fraction of sp³-hybridized carbons (Fsp3) is 0.0833. The Balaban J connectivity index is 1.32. The lowest BCUT2D eigenvalue weighted by Crippen LogP contribution is -2.28. The number of para-hydroxylation sites is 1. The summed E-state index contributed by atoms with van der Waals surface area (Å²) in [5.41, 5.74) is 3.89. The van der Waals surface area contributed by atoms with Crippen LogP contribution in [0.5, 0.6) is 5.75 Å². The topological polar surface area (TPSA) is 64.4 Å². The molecule has 0 saturated heterocycles. The molecule has 1 aromatic heterocycles. The van der Waals surface area contributed by atoms with E-state index in [1.54, 1.807) is 12.1 Å². The minimum atomic E-state index is -0.217. The number of nitrogens with one attached hydrogen (secondary N) is 1. The molecule has 0 unspecified atom stereocenters. The third-order valence-corrected chi connectivity index (χ3v) is 4.42. The molecular formula is C24H20N2O3. The van der Waals surface area contributed by atoms with Crippen molar-refractivity contribution in [1.29, 1.82) is 0 Å². The Morgan fingerprint density at radius 1 is 0.828 bits per heavy atom. The molecule has 0 saturated carbocycles. The monoisotopic (exact) mass is 384 g/mol. The first kappa shape index (κ1) is 18.5. The van der Waals surface area contributed by atoms with Crippen molar-refractivity contribution in [2.75, 3.05) is 6.61 Å². The predicted molar refractivity (Wildman–Crippen MR) is 111 cm³/mol. The van der Waals surface area contributed by atoms with Crippen LogP contribution in [-0.4, -0.2) is 17.7 Å². The molecule has 1 heterocycles. The van der Waals surface area contributed by atoms with E-state index in [0.29, 0.717) is 17.2 Å². The Kier molecular flexibility index (Phi) is 5.67. The summed E-state index contributed by atoms with van der Waals surface area (Å²) in [7, 11) is 0. The third-order valence-electron chi connectivity index (χ3n) is 4.42. The highest BCUT2D eigenvalue weighted by molar-refractivity contribution is 5.77. The number of benzene rings is 3. The second-order valence-corrected chi connectivity index (χ2v) is 6.50. The minimum Gasteiger partial charge on any atom is -0.484 e. The maximum absolute atomic E-state index is 11.9. The van der Waals surface area contributed by atoms with Gasteiger partial charge in [-0.1, -0.05) is 78.0 Å². The molecule has 3 aromatic carbocycles. The van der Waals surface area contributed by atoms with E-state index < -0.39 is 0 Å². The second-order valence-electron chi connectivity index (χ2n) is 6.50. The average Bonchev–Trinajstić information content (AvgIpc) is 3.27. The lowest BCUT2D eigenvalue weighted by molar-refractivity contribution is -0.123. The molecule has 5 heteroatoms. The second kappa shape index (κ2) is 8.89. The Labute approximate surface area is 168 Å². The number of carbonyl (C=O) groups is 1. The number of hydrogen-bond acceptors (Lipinski definition) is 4. The van der Waals surface area contributed by atoms with Gasteiger partial charge in [0.25, 0.3) is 5.91 Å². The molecule has 1 N–H and O–H groups in total. The van der Waals surface area contributed by atoms with Gasteiger partial charge >= 0.3 is 0 Å². The lowest BCUT2D eigenvalue weighted by atomic mass is 10.0. The summed E-state index contributed by atoms with van der Waals surface area (Å²) in [4.78, 5) is 11.9. The van der Waals surface area contributed by atoms with Crippen LogP contribution in [0.25, 0.3) is 22.5 Å². The number of amides is 1. The zero-order valence-corrected chi connectivity index (χ0v) is 15.7. The number of rotatable bonds is 7. The van der Waals surface area contributed by atoms with Crippen LogP contribution in [0.3, 0.4) is 0 Å². The van der Waals surface area contributed by atoms with Crippen molar-refractivity contribution >= 4 is 5.91 Å². The van der Waals surface area contributed by atoms with E-state index in [2.05, 4.69) is 34.7 Å². The fourth-order valence-electron chi connectivity index (χ4n) is 2.89. The Bertz CT molecular complexity index is 1060. The van der Waals surface area contributed by atoms with Gasteiger partial charge in [-0.25, -0.2) is 0 Å². The molecular weight excluding hydrogens is 364 g/mol. The summed E-state index contributed by atoms with van der Waals surface area (Å²) in [5.74, 6) is 1.10. The highest BCUT2D eigenvalue weighted by atomic mass is 16.5. The van der Waals surface area contributed by atoms with Crippen LogP contribution in [-0.2, 0) is 11.3 Å². The molecule has 29 heavy (non-hydrogen) atoms. The van der Waals surface area contributed by atoms with Crippen molar-refractivity contribution in [1.82, 2.24) is 10.5 Å². The summed E-state index contributed by atoms with van der Waals surface area (Å²) < 4.78 is 10.8. The van der Waals surface area contributed by atoms with E-state index >= 15 is 0 Å². The maximum atomic E-state index is 11.9. The molecule has 1 amide bonds. The smallest absolute Gasteiger partial charge is 0.258 e. The van der Waals surface area contributed by atoms with E-state index in [0.717, 1.165) is 16.7 Å². The Hall–Kier alpha value is -3.86. The minimum absolute atomic E-state index is 0.0460. The standard InChI is InChI=1S/C24H20N2O3/c27-24(17-28-22-9-5-2-6-10-22)25-16-21-15-23(29-26-21)20-13-11-19(12-14-20)18-7-3-1-4-8-18/h1-15H,16-17H2,(H,25,27). The van der Waals surface area contributed by atoms with Crippen molar-refractivity contribution in [2.45, 2.75) is 6.54 Å². The van der Waals surface area contributed by atoms with Gasteiger partial charge in [-0.05, 0) is 23.3 Å². The van der Waals surface area contributed by atoms with E-state index in [1.807, 2.05) is 54.6 Å². The molecule has 0 aliphatic carbocycles. The number of nitrogens with zero attached hydrogens (tertiary/aromatic N) is 1. The summed E-state index contributed by atoms with van der Waals surface area (Å²) in [6.45, 7) is 0.234. The number of carbonyl (C=O) groups excluding carboxylic acids is 1. The SMILES string of the molecule is O=C(COc1ccccc1)NCc1cc(-c2ccc(-c3ccccc3)cc2)on1. The van der Waals surface area contributed by atoms with Gasteiger partial charge in [-0.3, -0.25) is 4.79 Å². The summed E-state index contributed by atoms with van der Waals surface area (Å²) >= 11 is 0. The lowest BCUT2D eigenvalue weighted by Gasteiger charge is -2.05. The van der Waals surface area contributed by atoms with Crippen molar-refractivity contribution in [3.05, 3.63) is 96.7 Å². The first-order chi connectivity index (χ1) is 14.3. The van der Waals surface area contributed by atoms with Crippen LogP contribution in [0.1, 0.15) is 5.69 Å². The van der Waals surface area contributed by atoms with Gasteiger partial charge in [-0.2, -0.15) is 0 Å². The van der Waals surface area contributed by atoms with Crippen LogP contribution in [0.2, 0.25) is 0 Å². The number of ether oxygens (including phenoxy) is 1. The van der Waals surface area contributed by atoms with Crippen LogP contribution < -0.4 is 10.1 Å². The number of hydrogen-bond donors (Lipinski definition) is 1. The van der Waals surface area contributed by atoms with Gasteiger partial charge in [0.1, 0.15) is 11.4 Å². The fourth-order valence-corrected chi connectivity index (χ4v) is 2.89. The van der Waals surface area contributed by atoms with Crippen molar-refractivity contribution in [3.63, 3.8) is 0 Å². The normalized spacial score (nSPS) is 10.5. The first-order valence-corrected chi connectivity index (χ1v) is 9.34. The van der Waals surface area contributed by atoms with Gasteiger partial charge in [-0.15, -0.1) is 0 Å². The first-order valence-electron chi connectivity index (χ1n) is 9.34. The van der Waals surface area contributed by atoms with Gasteiger partial charge < -0.3 is 14.6 Å². The van der Waals surface area contributed by atoms with Crippen LogP contribution >= 0.6 is 0 Å². The average molecular weight is 384 g/mol. The number of aromatic nitrogens is 1. The molecule has 4 rings (SSSR count). The quantitative estimate of drug-likeness (QED) is 0.501. The van der Waals surface area contributed by atoms with Gasteiger partial charge in [0.2, 0.25) is 0 Å². The molecule has 0 radical (unpaired) electrons. The highest BCUT2D eigenvalue weighted by Gasteiger charge is 2.09. The van der Waals surface area contributed by atoms with Gasteiger partial charge in [0.05, 0.1) is 6.54 Å². The highest BCUT2D eigenvalue weighted by Crippen LogP contribution is 2.25. The Morgan fingerprint density at radius 3 is 2.17 bits per heavy atom. The molecule has 144 valence electrons. The van der Waals surface area contributed by atoms with Crippen LogP contribution in [0, 0.1) is 0 Å². The van der Waals surface area contributed by atoms with E-state index in [9.17, 15) is 4.79 Å². The molecule has 0 atom stereocenters. The van der Waals surface area contributed by atoms with Crippen LogP contribution in [0.4, 0.5) is 0 Å². The van der Waals surface area contributed by atoms with E-state index in [1.165, 1.54) is 0 Å². The molecule has 0 bridgehead atoms. The molecule has 0 aliphatic rings. The van der Waals surface area contributed by atoms with E-state index in [-0.39, 0.29) is 19.1 Å². The molecule has 5 nitrogen and oxygen atoms in total. The van der Waals surface area contributed by atoms with Gasteiger partial charge in [0.15, 0.2) is 12.4 Å².